The van der Waals surface area contributed by atoms with Crippen LogP contribution in [0.4, 0.5) is 0 Å². The van der Waals surface area contributed by atoms with Crippen LogP contribution < -0.4 is 10.1 Å². The van der Waals surface area contributed by atoms with Gasteiger partial charge in [0.05, 0.1) is 0 Å². The van der Waals surface area contributed by atoms with E-state index in [0.29, 0.717) is 12.6 Å². The van der Waals surface area contributed by atoms with Crippen LogP contribution in [0, 0.1) is 0 Å². The Morgan fingerprint density at radius 1 is 1.08 bits per heavy atom. The van der Waals surface area contributed by atoms with Gasteiger partial charge in [0.1, 0.15) is 12.4 Å². The minimum Gasteiger partial charge on any atom is -0.489 e. The summed E-state index contributed by atoms with van der Waals surface area (Å²) in [7, 11) is 2.06. The molecule has 24 heavy (non-hydrogen) atoms. The Morgan fingerprint density at radius 3 is 2.62 bits per heavy atom. The summed E-state index contributed by atoms with van der Waals surface area (Å²) < 4.78 is 6.08. The first-order valence-corrected chi connectivity index (χ1v) is 8.49. The van der Waals surface area contributed by atoms with Crippen molar-refractivity contribution in [3.05, 3.63) is 65.7 Å². The lowest BCUT2D eigenvalue weighted by atomic mass is 10.0. The van der Waals surface area contributed by atoms with Crippen molar-refractivity contribution in [1.29, 1.82) is 0 Å². The molecule has 0 radical (unpaired) electrons. The summed E-state index contributed by atoms with van der Waals surface area (Å²) in [4.78, 5) is 2.52. The van der Waals surface area contributed by atoms with Gasteiger partial charge in [0.15, 0.2) is 0 Å². The summed E-state index contributed by atoms with van der Waals surface area (Å²) in [6.45, 7) is 3.87. The molecule has 1 aliphatic heterocycles. The highest BCUT2D eigenvalue weighted by Crippen LogP contribution is 2.23. The third-order valence-electron chi connectivity index (χ3n) is 4.52. The quantitative estimate of drug-likeness (QED) is 0.859. The van der Waals surface area contributed by atoms with Crippen LogP contribution in [0.3, 0.4) is 0 Å². The Kier molecular flexibility index (Phi) is 7.57. The van der Waals surface area contributed by atoms with Gasteiger partial charge in [-0.15, -0.1) is 12.4 Å². The summed E-state index contributed by atoms with van der Waals surface area (Å²) in [5.74, 6) is 1.00. The SMILES string of the molecule is CNC1CCCN(Cc2ccccc2OCc2ccccc2)C1.Cl. The maximum absolute atomic E-state index is 6.08. The minimum atomic E-state index is 0. The van der Waals surface area contributed by atoms with Gasteiger partial charge in [0, 0.05) is 24.7 Å². The van der Waals surface area contributed by atoms with Gasteiger partial charge in [-0.2, -0.15) is 0 Å². The van der Waals surface area contributed by atoms with E-state index in [1.165, 1.54) is 30.5 Å². The number of nitrogens with one attached hydrogen (secondary N) is 1. The third kappa shape index (κ3) is 5.23. The van der Waals surface area contributed by atoms with E-state index in [0.717, 1.165) is 18.8 Å². The second kappa shape index (κ2) is 9.67. The lowest BCUT2D eigenvalue weighted by Crippen LogP contribution is -2.43. The monoisotopic (exact) mass is 346 g/mol. The van der Waals surface area contributed by atoms with Gasteiger partial charge in [-0.3, -0.25) is 4.90 Å². The molecular weight excluding hydrogens is 320 g/mol. The normalized spacial score (nSPS) is 18.0. The predicted octanol–water partition coefficient (Wildman–Crippen LogP) is 3.87. The highest BCUT2D eigenvalue weighted by atomic mass is 35.5. The summed E-state index contributed by atoms with van der Waals surface area (Å²) in [5, 5.41) is 3.41. The van der Waals surface area contributed by atoms with Crippen LogP contribution in [0.1, 0.15) is 24.0 Å². The van der Waals surface area contributed by atoms with E-state index in [2.05, 4.69) is 65.8 Å². The molecular formula is C20H27ClN2O. The summed E-state index contributed by atoms with van der Waals surface area (Å²) in [6, 6.07) is 19.4. The predicted molar refractivity (Wildman–Crippen MR) is 102 cm³/mol. The molecule has 0 bridgehead atoms. The van der Waals surface area contributed by atoms with Crippen LogP contribution in [0.2, 0.25) is 0 Å². The first-order valence-electron chi connectivity index (χ1n) is 8.49. The number of hydrogen-bond donors (Lipinski definition) is 1. The van der Waals surface area contributed by atoms with E-state index in [9.17, 15) is 0 Å². The largest absolute Gasteiger partial charge is 0.489 e. The number of likely N-dealkylation sites (N-methyl/N-ethyl adjacent to an activating group) is 1. The lowest BCUT2D eigenvalue weighted by molar-refractivity contribution is 0.184. The highest BCUT2D eigenvalue weighted by molar-refractivity contribution is 5.85. The fourth-order valence-corrected chi connectivity index (χ4v) is 3.19. The summed E-state index contributed by atoms with van der Waals surface area (Å²) >= 11 is 0. The second-order valence-corrected chi connectivity index (χ2v) is 6.24. The van der Waals surface area contributed by atoms with E-state index in [-0.39, 0.29) is 12.4 Å². The van der Waals surface area contributed by atoms with Crippen LogP contribution in [0.25, 0.3) is 0 Å². The molecule has 4 heteroatoms. The molecule has 0 spiro atoms. The number of para-hydroxylation sites is 1. The first kappa shape index (κ1) is 18.8. The van der Waals surface area contributed by atoms with E-state index < -0.39 is 0 Å². The second-order valence-electron chi connectivity index (χ2n) is 6.24. The fourth-order valence-electron chi connectivity index (χ4n) is 3.19. The maximum Gasteiger partial charge on any atom is 0.124 e. The molecule has 1 atom stereocenters. The Morgan fingerprint density at radius 2 is 1.83 bits per heavy atom. The van der Waals surface area contributed by atoms with Crippen molar-refractivity contribution in [1.82, 2.24) is 10.2 Å². The number of benzene rings is 2. The van der Waals surface area contributed by atoms with Crippen molar-refractivity contribution < 1.29 is 4.74 Å². The number of nitrogens with zero attached hydrogens (tertiary/aromatic N) is 1. The zero-order chi connectivity index (χ0) is 15.9. The molecule has 0 aliphatic carbocycles. The van der Waals surface area contributed by atoms with Gasteiger partial charge < -0.3 is 10.1 Å². The van der Waals surface area contributed by atoms with Gasteiger partial charge >= 0.3 is 0 Å². The van der Waals surface area contributed by atoms with Crippen molar-refractivity contribution in [3.8, 4) is 5.75 Å². The number of hydrogen-bond acceptors (Lipinski definition) is 3. The minimum absolute atomic E-state index is 0. The molecule has 1 unspecified atom stereocenters. The molecule has 2 aromatic rings. The summed E-state index contributed by atoms with van der Waals surface area (Å²) in [5.41, 5.74) is 2.48. The number of piperidine rings is 1. The van der Waals surface area contributed by atoms with Crippen molar-refractivity contribution in [2.45, 2.75) is 32.0 Å². The zero-order valence-electron chi connectivity index (χ0n) is 14.3. The van der Waals surface area contributed by atoms with Gasteiger partial charge in [0.25, 0.3) is 0 Å². The number of likely N-dealkylation sites (tertiary alicyclic amines) is 1. The van der Waals surface area contributed by atoms with Crippen LogP contribution in [-0.4, -0.2) is 31.1 Å². The molecule has 3 rings (SSSR count). The number of ether oxygens (including phenoxy) is 1. The molecule has 0 saturated carbocycles. The van der Waals surface area contributed by atoms with Crippen LogP contribution in [0.5, 0.6) is 5.75 Å². The Balaban J connectivity index is 0.00000208. The van der Waals surface area contributed by atoms with Crippen LogP contribution >= 0.6 is 12.4 Å². The number of halogens is 1. The zero-order valence-corrected chi connectivity index (χ0v) is 15.1. The molecule has 1 heterocycles. The van der Waals surface area contributed by atoms with Crippen LogP contribution in [-0.2, 0) is 13.2 Å². The smallest absolute Gasteiger partial charge is 0.124 e. The average molecular weight is 347 g/mol. The molecule has 2 aromatic carbocycles. The van der Waals surface area contributed by atoms with Gasteiger partial charge in [-0.25, -0.2) is 0 Å². The van der Waals surface area contributed by atoms with Crippen molar-refractivity contribution in [2.24, 2.45) is 0 Å². The number of rotatable bonds is 6. The molecule has 1 saturated heterocycles. The van der Waals surface area contributed by atoms with Gasteiger partial charge in [-0.1, -0.05) is 48.5 Å². The molecule has 0 aromatic heterocycles. The van der Waals surface area contributed by atoms with Crippen molar-refractivity contribution in [2.75, 3.05) is 20.1 Å². The van der Waals surface area contributed by atoms with Gasteiger partial charge in [0.2, 0.25) is 0 Å². The van der Waals surface area contributed by atoms with E-state index in [4.69, 9.17) is 4.74 Å². The molecule has 1 aliphatic rings. The Bertz CT molecular complexity index is 606. The van der Waals surface area contributed by atoms with Crippen LogP contribution in [0.15, 0.2) is 54.6 Å². The van der Waals surface area contributed by atoms with Gasteiger partial charge in [-0.05, 0) is 38.1 Å². The van der Waals surface area contributed by atoms with E-state index in [1.807, 2.05) is 6.07 Å². The standard InChI is InChI=1S/C20H26N2O.ClH/c1-21-19-11-7-13-22(15-19)14-18-10-5-6-12-20(18)23-16-17-8-3-2-4-9-17;/h2-6,8-10,12,19,21H,7,11,13-16H2,1H3;1H. The van der Waals surface area contributed by atoms with Crippen molar-refractivity contribution >= 4 is 12.4 Å². The molecule has 130 valence electrons. The van der Waals surface area contributed by atoms with Crippen molar-refractivity contribution in [3.63, 3.8) is 0 Å². The molecule has 1 fully saturated rings. The average Bonchev–Trinajstić information content (AvgIpc) is 2.62. The Labute approximate surface area is 151 Å². The third-order valence-corrected chi connectivity index (χ3v) is 4.52. The van der Waals surface area contributed by atoms with E-state index in [1.54, 1.807) is 0 Å². The summed E-state index contributed by atoms with van der Waals surface area (Å²) in [6.07, 6.45) is 2.54. The first-order chi connectivity index (χ1) is 11.3. The Hall–Kier alpha value is -1.55. The lowest BCUT2D eigenvalue weighted by Gasteiger charge is -2.32. The molecule has 1 N–H and O–H groups in total. The topological polar surface area (TPSA) is 24.5 Å². The van der Waals surface area contributed by atoms with E-state index >= 15 is 0 Å². The fraction of sp³-hybridized carbons (Fsp3) is 0.400. The molecule has 3 nitrogen and oxygen atoms in total. The highest BCUT2D eigenvalue weighted by Gasteiger charge is 2.19. The maximum atomic E-state index is 6.08. The molecule has 0 amide bonds.